The fourth-order valence-corrected chi connectivity index (χ4v) is 3.35. The van der Waals surface area contributed by atoms with Crippen LogP contribution in [0.1, 0.15) is 27.9 Å². The Morgan fingerprint density at radius 2 is 1.55 bits per heavy atom. The van der Waals surface area contributed by atoms with Crippen LogP contribution in [0.2, 0.25) is 5.02 Å². The van der Waals surface area contributed by atoms with Crippen molar-refractivity contribution in [3.8, 4) is 11.1 Å². The number of primary amides is 1. The van der Waals surface area contributed by atoms with Crippen molar-refractivity contribution in [2.75, 3.05) is 6.54 Å². The molecule has 0 bridgehead atoms. The molecular formula is C24H23ClN2O2. The van der Waals surface area contributed by atoms with Crippen LogP contribution in [0.15, 0.2) is 72.8 Å². The van der Waals surface area contributed by atoms with E-state index in [-0.39, 0.29) is 5.91 Å². The largest absolute Gasteiger partial charge is 0.366 e. The van der Waals surface area contributed by atoms with Crippen LogP contribution in [0.4, 0.5) is 0 Å². The second-order valence-electron chi connectivity index (χ2n) is 6.83. The van der Waals surface area contributed by atoms with Crippen LogP contribution in [0.5, 0.6) is 0 Å². The first-order chi connectivity index (χ1) is 14.0. The highest BCUT2D eigenvalue weighted by molar-refractivity contribution is 6.31. The lowest BCUT2D eigenvalue weighted by molar-refractivity contribution is -0.121. The highest BCUT2D eigenvalue weighted by atomic mass is 35.5. The third-order valence-corrected chi connectivity index (χ3v) is 4.99. The maximum Gasteiger partial charge on any atom is 0.249 e. The van der Waals surface area contributed by atoms with E-state index in [0.29, 0.717) is 36.4 Å². The number of nitrogens with one attached hydrogen (secondary N) is 1. The van der Waals surface area contributed by atoms with Gasteiger partial charge in [0.1, 0.15) is 0 Å². The van der Waals surface area contributed by atoms with Gasteiger partial charge in [-0.3, -0.25) is 9.59 Å². The Bertz CT molecular complexity index is 986. The summed E-state index contributed by atoms with van der Waals surface area (Å²) in [6.07, 6.45) is 1.61. The van der Waals surface area contributed by atoms with Crippen molar-refractivity contribution in [3.63, 3.8) is 0 Å². The molecule has 0 saturated carbocycles. The van der Waals surface area contributed by atoms with Crippen molar-refractivity contribution in [2.24, 2.45) is 5.73 Å². The highest BCUT2D eigenvalue weighted by Gasteiger charge is 2.09. The van der Waals surface area contributed by atoms with Gasteiger partial charge in [-0.25, -0.2) is 0 Å². The summed E-state index contributed by atoms with van der Waals surface area (Å²) < 4.78 is 0. The molecule has 0 aliphatic heterocycles. The normalized spacial score (nSPS) is 10.5. The molecule has 0 heterocycles. The van der Waals surface area contributed by atoms with E-state index in [0.717, 1.165) is 16.7 Å². The van der Waals surface area contributed by atoms with E-state index in [2.05, 4.69) is 41.7 Å². The standard InChI is InChI=1S/C24H23ClN2O2/c25-21-12-11-20(22(16-21)24(26)29)14-15-27-23(28)13-8-17-6-9-19(10-7-17)18-4-2-1-3-5-18/h1-7,9-12,16H,8,13-15H2,(H2,26,29)(H,27,28). The van der Waals surface area contributed by atoms with E-state index in [1.165, 1.54) is 5.56 Å². The second-order valence-corrected chi connectivity index (χ2v) is 7.27. The topological polar surface area (TPSA) is 72.2 Å². The second kappa shape index (κ2) is 9.89. The van der Waals surface area contributed by atoms with E-state index >= 15 is 0 Å². The number of rotatable bonds is 8. The lowest BCUT2D eigenvalue weighted by atomic mass is 10.0. The Hall–Kier alpha value is -3.11. The van der Waals surface area contributed by atoms with Crippen LogP contribution in [0.25, 0.3) is 11.1 Å². The third-order valence-electron chi connectivity index (χ3n) is 4.76. The maximum absolute atomic E-state index is 12.1. The summed E-state index contributed by atoms with van der Waals surface area (Å²) in [4.78, 5) is 23.7. The fraction of sp³-hybridized carbons (Fsp3) is 0.167. The molecule has 0 aromatic heterocycles. The molecule has 3 aromatic carbocycles. The summed E-state index contributed by atoms with van der Waals surface area (Å²) in [5.74, 6) is -0.542. The highest BCUT2D eigenvalue weighted by Crippen LogP contribution is 2.20. The average molecular weight is 407 g/mol. The number of carbonyl (C=O) groups excluding carboxylic acids is 2. The van der Waals surface area contributed by atoms with Gasteiger partial charge in [0.25, 0.3) is 0 Å². The van der Waals surface area contributed by atoms with E-state index < -0.39 is 5.91 Å². The maximum atomic E-state index is 12.1. The summed E-state index contributed by atoms with van der Waals surface area (Å²) in [5.41, 5.74) is 10.0. The van der Waals surface area contributed by atoms with Crippen molar-refractivity contribution in [3.05, 3.63) is 94.5 Å². The van der Waals surface area contributed by atoms with E-state index in [1.54, 1.807) is 18.2 Å². The van der Waals surface area contributed by atoms with Crippen LogP contribution in [-0.2, 0) is 17.6 Å². The molecule has 0 radical (unpaired) electrons. The molecule has 3 rings (SSSR count). The molecule has 148 valence electrons. The van der Waals surface area contributed by atoms with E-state index in [9.17, 15) is 9.59 Å². The predicted molar refractivity (Wildman–Crippen MR) is 117 cm³/mol. The summed E-state index contributed by atoms with van der Waals surface area (Å²) in [6, 6.07) is 23.5. The number of amides is 2. The zero-order chi connectivity index (χ0) is 20.6. The Kier molecular flexibility index (Phi) is 7.04. The van der Waals surface area contributed by atoms with Crippen molar-refractivity contribution >= 4 is 23.4 Å². The number of carbonyl (C=O) groups is 2. The van der Waals surface area contributed by atoms with Gasteiger partial charge in [0.2, 0.25) is 11.8 Å². The summed E-state index contributed by atoms with van der Waals surface area (Å²) >= 11 is 5.91. The number of hydrogen-bond acceptors (Lipinski definition) is 2. The first kappa shape index (κ1) is 20.6. The summed E-state index contributed by atoms with van der Waals surface area (Å²) in [6.45, 7) is 0.438. The van der Waals surface area contributed by atoms with Gasteiger partial charge < -0.3 is 11.1 Å². The molecule has 0 saturated heterocycles. The minimum absolute atomic E-state index is 0.0216. The molecule has 0 spiro atoms. The number of halogens is 1. The number of nitrogens with two attached hydrogens (primary N) is 1. The fourth-order valence-electron chi connectivity index (χ4n) is 3.17. The molecule has 3 N–H and O–H groups in total. The van der Waals surface area contributed by atoms with E-state index in [1.807, 2.05) is 18.2 Å². The molecule has 0 aliphatic carbocycles. The number of aryl methyl sites for hydroxylation is 1. The zero-order valence-electron chi connectivity index (χ0n) is 16.0. The van der Waals surface area contributed by atoms with Gasteiger partial charge in [-0.05, 0) is 47.2 Å². The SMILES string of the molecule is NC(=O)c1cc(Cl)ccc1CCNC(=O)CCc1ccc(-c2ccccc2)cc1. The van der Waals surface area contributed by atoms with Crippen LogP contribution in [-0.4, -0.2) is 18.4 Å². The average Bonchev–Trinajstić information content (AvgIpc) is 2.74. The summed E-state index contributed by atoms with van der Waals surface area (Å²) in [5, 5.41) is 3.36. The van der Waals surface area contributed by atoms with Gasteiger partial charge in [0.15, 0.2) is 0 Å². The first-order valence-electron chi connectivity index (χ1n) is 9.52. The molecule has 2 amide bonds. The molecule has 5 heteroatoms. The van der Waals surface area contributed by atoms with Crippen molar-refractivity contribution < 1.29 is 9.59 Å². The third kappa shape index (κ3) is 5.93. The Balaban J connectivity index is 1.46. The molecule has 0 atom stereocenters. The molecular weight excluding hydrogens is 384 g/mol. The lowest BCUT2D eigenvalue weighted by Crippen LogP contribution is -2.26. The van der Waals surface area contributed by atoms with Crippen LogP contribution in [0, 0.1) is 0 Å². The van der Waals surface area contributed by atoms with Crippen molar-refractivity contribution in [1.82, 2.24) is 5.32 Å². The van der Waals surface area contributed by atoms with E-state index in [4.69, 9.17) is 17.3 Å². The van der Waals surface area contributed by atoms with Gasteiger partial charge in [-0.1, -0.05) is 72.3 Å². The Labute approximate surface area is 175 Å². The molecule has 4 nitrogen and oxygen atoms in total. The monoisotopic (exact) mass is 406 g/mol. The van der Waals surface area contributed by atoms with Crippen LogP contribution >= 0.6 is 11.6 Å². The lowest BCUT2D eigenvalue weighted by Gasteiger charge is -2.09. The summed E-state index contributed by atoms with van der Waals surface area (Å²) in [7, 11) is 0. The van der Waals surface area contributed by atoms with Crippen LogP contribution < -0.4 is 11.1 Å². The quantitative estimate of drug-likeness (QED) is 0.582. The smallest absolute Gasteiger partial charge is 0.249 e. The van der Waals surface area contributed by atoms with Crippen LogP contribution in [0.3, 0.4) is 0 Å². The number of benzene rings is 3. The van der Waals surface area contributed by atoms with Gasteiger partial charge >= 0.3 is 0 Å². The molecule has 0 unspecified atom stereocenters. The van der Waals surface area contributed by atoms with Gasteiger partial charge in [0.05, 0.1) is 0 Å². The number of hydrogen-bond donors (Lipinski definition) is 2. The van der Waals surface area contributed by atoms with Gasteiger partial charge in [-0.2, -0.15) is 0 Å². The van der Waals surface area contributed by atoms with Crippen molar-refractivity contribution in [1.29, 1.82) is 0 Å². The molecule has 3 aromatic rings. The van der Waals surface area contributed by atoms with Gasteiger partial charge in [0, 0.05) is 23.6 Å². The molecule has 0 fully saturated rings. The molecule has 0 aliphatic rings. The first-order valence-corrected chi connectivity index (χ1v) is 9.90. The predicted octanol–water partition coefficient (Wildman–Crippen LogP) is 4.40. The molecule has 29 heavy (non-hydrogen) atoms. The minimum atomic E-state index is -0.521. The van der Waals surface area contributed by atoms with Gasteiger partial charge in [-0.15, -0.1) is 0 Å². The zero-order valence-corrected chi connectivity index (χ0v) is 16.8. The minimum Gasteiger partial charge on any atom is -0.366 e. The van der Waals surface area contributed by atoms with Crippen molar-refractivity contribution in [2.45, 2.75) is 19.3 Å². The Morgan fingerprint density at radius 1 is 0.862 bits per heavy atom. The Morgan fingerprint density at radius 3 is 2.24 bits per heavy atom.